The lowest BCUT2D eigenvalue weighted by molar-refractivity contribution is 0.606. The lowest BCUT2D eigenvalue weighted by Crippen LogP contribution is -2.07. The molecule has 2 nitrogen and oxygen atoms in total. The minimum Gasteiger partial charge on any atom is -0.224 e. The molecule has 0 N–H and O–H groups in total. The van der Waals surface area contributed by atoms with Gasteiger partial charge in [0.25, 0.3) is 0 Å². The van der Waals surface area contributed by atoms with Gasteiger partial charge in [0.2, 0.25) is 0 Å². The van der Waals surface area contributed by atoms with Crippen molar-refractivity contribution in [3.8, 4) is 0 Å². The molecule has 0 unspecified atom stereocenters. The molecule has 1 rings (SSSR count). The van der Waals surface area contributed by atoms with Gasteiger partial charge in [-0.2, -0.15) is 11.8 Å². The zero-order chi connectivity index (χ0) is 7.78. The molecule has 0 saturated carbocycles. The summed E-state index contributed by atoms with van der Waals surface area (Å²) in [5, 5.41) is 1.56. The normalized spacial score (nSPS) is 30.2. The summed E-state index contributed by atoms with van der Waals surface area (Å²) < 4.78 is 21.7. The molecular weight excluding hydrogens is 192 g/mol. The van der Waals surface area contributed by atoms with Gasteiger partial charge in [-0.1, -0.05) is 11.6 Å². The topological polar surface area (TPSA) is 34.1 Å². The van der Waals surface area contributed by atoms with E-state index in [9.17, 15) is 8.42 Å². The largest absolute Gasteiger partial charge is 0.224 e. The van der Waals surface area contributed by atoms with Crippen LogP contribution in [0.3, 0.4) is 0 Å². The summed E-state index contributed by atoms with van der Waals surface area (Å²) in [4.78, 5) is 0. The van der Waals surface area contributed by atoms with Crippen LogP contribution in [0, 0.1) is 0 Å². The molecule has 0 saturated heterocycles. The average molecular weight is 199 g/mol. The Hall–Kier alpha value is 0.330. The SMILES string of the molecule is CS[C@H]1CS(=O)(=O)C=C1Cl. The Balaban J connectivity index is 2.89. The van der Waals surface area contributed by atoms with Crippen LogP contribution in [0.2, 0.25) is 0 Å². The maximum absolute atomic E-state index is 10.8. The molecule has 58 valence electrons. The van der Waals surface area contributed by atoms with Gasteiger partial charge in [0.05, 0.1) is 11.0 Å². The molecule has 10 heavy (non-hydrogen) atoms. The maximum Gasteiger partial charge on any atom is 0.174 e. The number of thioether (sulfide) groups is 1. The van der Waals surface area contributed by atoms with Crippen molar-refractivity contribution < 1.29 is 8.42 Å². The van der Waals surface area contributed by atoms with Crippen LogP contribution in [0.25, 0.3) is 0 Å². The molecule has 1 heterocycles. The second kappa shape index (κ2) is 2.75. The van der Waals surface area contributed by atoms with Crippen molar-refractivity contribution in [2.45, 2.75) is 5.25 Å². The summed E-state index contributed by atoms with van der Waals surface area (Å²) in [6.45, 7) is 0. The first-order valence-corrected chi connectivity index (χ1v) is 6.06. The highest BCUT2D eigenvalue weighted by Gasteiger charge is 2.27. The van der Waals surface area contributed by atoms with Crippen LogP contribution in [0.4, 0.5) is 0 Å². The first-order chi connectivity index (χ1) is 4.55. The van der Waals surface area contributed by atoms with Crippen molar-refractivity contribution in [2.75, 3.05) is 12.0 Å². The van der Waals surface area contributed by atoms with Crippen LogP contribution in [0.15, 0.2) is 10.4 Å². The lowest BCUT2D eigenvalue weighted by atomic mass is 10.5. The second-order valence-electron chi connectivity index (χ2n) is 2.06. The smallest absolute Gasteiger partial charge is 0.174 e. The molecule has 0 bridgehead atoms. The van der Waals surface area contributed by atoms with E-state index in [1.54, 1.807) is 0 Å². The van der Waals surface area contributed by atoms with Gasteiger partial charge in [-0.15, -0.1) is 0 Å². The highest BCUT2D eigenvalue weighted by Crippen LogP contribution is 2.28. The standard InChI is InChI=1S/C5H7ClO2S2/c1-9-5-3-10(7,8)2-4(5)6/h2,5H,3H2,1H3/t5-/m0/s1. The molecule has 0 aromatic heterocycles. The highest BCUT2D eigenvalue weighted by atomic mass is 35.5. The molecule has 0 amide bonds. The number of halogens is 1. The summed E-state index contributed by atoms with van der Waals surface area (Å²) in [5.74, 6) is 0.160. The van der Waals surface area contributed by atoms with Crippen molar-refractivity contribution >= 4 is 33.2 Å². The first-order valence-electron chi connectivity index (χ1n) is 2.68. The molecule has 0 aliphatic carbocycles. The maximum atomic E-state index is 10.8. The molecule has 0 spiro atoms. The quantitative estimate of drug-likeness (QED) is 0.636. The van der Waals surface area contributed by atoms with Gasteiger partial charge in [0.1, 0.15) is 0 Å². The van der Waals surface area contributed by atoms with Crippen LogP contribution in [0.5, 0.6) is 0 Å². The van der Waals surface area contributed by atoms with Gasteiger partial charge in [0, 0.05) is 10.4 Å². The van der Waals surface area contributed by atoms with Gasteiger partial charge in [-0.25, -0.2) is 8.42 Å². The van der Waals surface area contributed by atoms with Crippen molar-refractivity contribution in [1.29, 1.82) is 0 Å². The van der Waals surface area contributed by atoms with Crippen molar-refractivity contribution in [2.24, 2.45) is 0 Å². The monoisotopic (exact) mass is 198 g/mol. The van der Waals surface area contributed by atoms with Crippen LogP contribution in [-0.4, -0.2) is 25.7 Å². The summed E-state index contributed by atoms with van der Waals surface area (Å²) in [6, 6.07) is 0. The van der Waals surface area contributed by atoms with Gasteiger partial charge in [0.15, 0.2) is 9.84 Å². The molecule has 5 heteroatoms. The average Bonchev–Trinajstić information content (AvgIpc) is 2.05. The zero-order valence-electron chi connectivity index (χ0n) is 5.37. The predicted octanol–water partition coefficient (Wildman–Crippen LogP) is 1.23. The van der Waals surface area contributed by atoms with E-state index in [4.69, 9.17) is 11.6 Å². The lowest BCUT2D eigenvalue weighted by Gasteiger charge is -2.01. The molecule has 1 atom stereocenters. The number of hydrogen-bond donors (Lipinski definition) is 0. The molecule has 0 aromatic carbocycles. The summed E-state index contributed by atoms with van der Waals surface area (Å²) in [7, 11) is -2.97. The van der Waals surface area contributed by atoms with E-state index in [0.29, 0.717) is 5.03 Å². The Morgan fingerprint density at radius 3 is 2.60 bits per heavy atom. The van der Waals surface area contributed by atoms with E-state index >= 15 is 0 Å². The fraction of sp³-hybridized carbons (Fsp3) is 0.600. The fourth-order valence-electron chi connectivity index (χ4n) is 0.767. The van der Waals surface area contributed by atoms with Crippen LogP contribution >= 0.6 is 23.4 Å². The van der Waals surface area contributed by atoms with Gasteiger partial charge in [-0.05, 0) is 6.26 Å². The molecular formula is C5H7ClO2S2. The van der Waals surface area contributed by atoms with E-state index in [0.717, 1.165) is 5.41 Å². The minimum atomic E-state index is -2.97. The molecule has 1 aliphatic rings. The molecule has 0 fully saturated rings. The second-order valence-corrected chi connectivity index (χ2v) is 5.43. The highest BCUT2D eigenvalue weighted by molar-refractivity contribution is 8.02. The van der Waals surface area contributed by atoms with E-state index in [2.05, 4.69) is 0 Å². The Morgan fingerprint density at radius 2 is 2.40 bits per heavy atom. The fourth-order valence-corrected chi connectivity index (χ4v) is 4.31. The third-order valence-corrected chi connectivity index (χ3v) is 4.51. The van der Waals surface area contributed by atoms with Crippen molar-refractivity contribution in [1.82, 2.24) is 0 Å². The van der Waals surface area contributed by atoms with E-state index in [1.807, 2.05) is 6.26 Å². The number of sulfone groups is 1. The van der Waals surface area contributed by atoms with Gasteiger partial charge >= 0.3 is 0 Å². The minimum absolute atomic E-state index is 0.0355. The first kappa shape index (κ1) is 8.43. The third-order valence-electron chi connectivity index (χ3n) is 1.27. The number of hydrogen-bond acceptors (Lipinski definition) is 3. The Kier molecular flexibility index (Phi) is 2.32. The van der Waals surface area contributed by atoms with Crippen molar-refractivity contribution in [3.63, 3.8) is 0 Å². The Labute approximate surface area is 69.6 Å². The summed E-state index contributed by atoms with van der Waals surface area (Å²) >= 11 is 7.09. The zero-order valence-corrected chi connectivity index (χ0v) is 7.76. The Morgan fingerprint density at radius 1 is 1.80 bits per heavy atom. The van der Waals surface area contributed by atoms with Crippen LogP contribution in [0.1, 0.15) is 0 Å². The predicted molar refractivity (Wildman–Crippen MR) is 45.0 cm³/mol. The van der Waals surface area contributed by atoms with E-state index < -0.39 is 9.84 Å². The molecule has 0 aromatic rings. The van der Waals surface area contributed by atoms with Gasteiger partial charge < -0.3 is 0 Å². The van der Waals surface area contributed by atoms with E-state index in [1.165, 1.54) is 11.8 Å². The number of rotatable bonds is 1. The van der Waals surface area contributed by atoms with Crippen LogP contribution < -0.4 is 0 Å². The van der Waals surface area contributed by atoms with Gasteiger partial charge in [-0.3, -0.25) is 0 Å². The van der Waals surface area contributed by atoms with Crippen molar-refractivity contribution in [3.05, 3.63) is 10.4 Å². The summed E-state index contributed by atoms with van der Waals surface area (Å²) in [5.41, 5.74) is 0. The Bertz CT molecular complexity index is 255. The summed E-state index contributed by atoms with van der Waals surface area (Å²) in [6.07, 6.45) is 1.85. The molecule has 1 aliphatic heterocycles. The third kappa shape index (κ3) is 1.68. The van der Waals surface area contributed by atoms with E-state index in [-0.39, 0.29) is 11.0 Å². The van der Waals surface area contributed by atoms with Crippen LogP contribution in [-0.2, 0) is 9.84 Å². The molecule has 0 radical (unpaired) electrons.